The molecule has 0 radical (unpaired) electrons. The van der Waals surface area contributed by atoms with E-state index in [4.69, 9.17) is 14.2 Å². The summed E-state index contributed by atoms with van der Waals surface area (Å²) in [6.07, 6.45) is 0. The fourth-order valence-electron chi connectivity index (χ4n) is 3.46. The Morgan fingerprint density at radius 2 is 1.33 bits per heavy atom. The van der Waals surface area contributed by atoms with E-state index in [1.807, 2.05) is 49.4 Å². The number of benzene rings is 3. The van der Waals surface area contributed by atoms with E-state index in [0.717, 1.165) is 22.8 Å². The van der Waals surface area contributed by atoms with Gasteiger partial charge >= 0.3 is 0 Å². The minimum Gasteiger partial charge on any atom is -0.497 e. The Hall–Kier alpha value is -4.79. The van der Waals surface area contributed by atoms with E-state index in [1.165, 1.54) is 7.11 Å². The van der Waals surface area contributed by atoms with E-state index in [1.54, 1.807) is 44.6 Å². The lowest BCUT2D eigenvalue weighted by Crippen LogP contribution is -2.12. The molecule has 4 rings (SSSR count). The number of anilines is 5. The van der Waals surface area contributed by atoms with Crippen molar-refractivity contribution in [2.45, 2.75) is 6.92 Å². The van der Waals surface area contributed by atoms with Gasteiger partial charge in [-0.1, -0.05) is 0 Å². The van der Waals surface area contributed by atoms with Crippen LogP contribution in [0.15, 0.2) is 72.8 Å². The van der Waals surface area contributed by atoms with Crippen LogP contribution in [-0.4, -0.2) is 37.2 Å². The molecule has 9 nitrogen and oxygen atoms in total. The number of carbonyl (C=O) groups is 1. The van der Waals surface area contributed by atoms with E-state index in [9.17, 15) is 4.79 Å². The van der Waals surface area contributed by atoms with Crippen LogP contribution in [0.5, 0.6) is 17.2 Å². The lowest BCUT2D eigenvalue weighted by Gasteiger charge is -2.12. The first-order chi connectivity index (χ1) is 17.5. The number of hydrogen-bond donors (Lipinski definition) is 3. The Kier molecular flexibility index (Phi) is 7.50. The quantitative estimate of drug-likeness (QED) is 0.283. The molecule has 0 saturated carbocycles. The molecule has 36 heavy (non-hydrogen) atoms. The smallest absolute Gasteiger partial charge is 0.255 e. The average Bonchev–Trinajstić information content (AvgIpc) is 2.89. The third kappa shape index (κ3) is 6.01. The largest absolute Gasteiger partial charge is 0.497 e. The normalized spacial score (nSPS) is 10.3. The SMILES string of the molecule is COc1ccc(Nc2cc(C)nc(Nc3ccc(NC(=O)c4ccc(OC)c(OC)c4)cc3)n2)cc1. The summed E-state index contributed by atoms with van der Waals surface area (Å²) in [5.74, 6) is 2.69. The highest BCUT2D eigenvalue weighted by atomic mass is 16.5. The Bertz CT molecular complexity index is 1340. The molecule has 1 amide bonds. The van der Waals surface area contributed by atoms with Crippen LogP contribution in [0.3, 0.4) is 0 Å². The Morgan fingerprint density at radius 3 is 2.00 bits per heavy atom. The summed E-state index contributed by atoms with van der Waals surface area (Å²) < 4.78 is 15.7. The van der Waals surface area contributed by atoms with Gasteiger partial charge in [0.15, 0.2) is 11.5 Å². The fourth-order valence-corrected chi connectivity index (χ4v) is 3.46. The van der Waals surface area contributed by atoms with Gasteiger partial charge in [-0.15, -0.1) is 0 Å². The maximum Gasteiger partial charge on any atom is 0.255 e. The van der Waals surface area contributed by atoms with Crippen LogP contribution in [0, 0.1) is 6.92 Å². The van der Waals surface area contributed by atoms with Gasteiger partial charge in [0.05, 0.1) is 21.3 Å². The number of aromatic nitrogens is 2. The third-order valence-electron chi connectivity index (χ3n) is 5.26. The monoisotopic (exact) mass is 485 g/mol. The molecule has 1 aromatic heterocycles. The molecule has 0 aliphatic carbocycles. The summed E-state index contributed by atoms with van der Waals surface area (Å²) in [6.45, 7) is 1.90. The zero-order valence-corrected chi connectivity index (χ0v) is 20.5. The number of amides is 1. The molecule has 0 saturated heterocycles. The number of carbonyl (C=O) groups excluding carboxylic acids is 1. The molecule has 0 unspecified atom stereocenters. The predicted molar refractivity (Wildman–Crippen MR) is 140 cm³/mol. The van der Waals surface area contributed by atoms with E-state index in [-0.39, 0.29) is 5.91 Å². The minimum absolute atomic E-state index is 0.257. The standard InChI is InChI=1S/C27H27N5O4/c1-17-15-25(29-19-10-12-22(34-2)13-11-19)32-27(28-17)31-21-8-6-20(7-9-21)30-26(33)18-5-14-23(35-3)24(16-18)36-4/h5-16H,1-4H3,(H,30,33)(H2,28,29,31,32). The summed E-state index contributed by atoms with van der Waals surface area (Å²) in [5.41, 5.74) is 3.57. The number of ether oxygens (including phenoxy) is 3. The maximum atomic E-state index is 12.7. The first-order valence-corrected chi connectivity index (χ1v) is 11.1. The van der Waals surface area contributed by atoms with Gasteiger partial charge < -0.3 is 30.2 Å². The molecule has 0 atom stereocenters. The van der Waals surface area contributed by atoms with Gasteiger partial charge in [-0.3, -0.25) is 4.79 Å². The second-order valence-electron chi connectivity index (χ2n) is 7.80. The Balaban J connectivity index is 1.42. The van der Waals surface area contributed by atoms with Crippen molar-refractivity contribution < 1.29 is 19.0 Å². The van der Waals surface area contributed by atoms with Crippen LogP contribution in [0.25, 0.3) is 0 Å². The van der Waals surface area contributed by atoms with Gasteiger partial charge in [-0.05, 0) is 73.7 Å². The first kappa shape index (κ1) is 24.3. The molecule has 1 heterocycles. The van der Waals surface area contributed by atoms with Gasteiger partial charge in [0, 0.05) is 34.4 Å². The number of nitrogens with zero attached hydrogens (tertiary/aromatic N) is 2. The van der Waals surface area contributed by atoms with Crippen molar-refractivity contribution in [3.05, 3.63) is 84.1 Å². The lowest BCUT2D eigenvalue weighted by atomic mass is 10.1. The van der Waals surface area contributed by atoms with Crippen molar-refractivity contribution in [2.24, 2.45) is 0 Å². The molecule has 0 bridgehead atoms. The number of aryl methyl sites for hydroxylation is 1. The van der Waals surface area contributed by atoms with Crippen LogP contribution in [-0.2, 0) is 0 Å². The number of methoxy groups -OCH3 is 3. The number of nitrogens with one attached hydrogen (secondary N) is 3. The maximum absolute atomic E-state index is 12.7. The van der Waals surface area contributed by atoms with Gasteiger partial charge in [0.25, 0.3) is 5.91 Å². The van der Waals surface area contributed by atoms with Gasteiger partial charge in [-0.2, -0.15) is 4.98 Å². The van der Waals surface area contributed by atoms with Crippen molar-refractivity contribution in [3.63, 3.8) is 0 Å². The Labute approximate surface area is 209 Å². The highest BCUT2D eigenvalue weighted by Crippen LogP contribution is 2.28. The van der Waals surface area contributed by atoms with Crippen LogP contribution in [0.4, 0.5) is 28.8 Å². The third-order valence-corrected chi connectivity index (χ3v) is 5.26. The zero-order valence-electron chi connectivity index (χ0n) is 20.5. The summed E-state index contributed by atoms with van der Waals surface area (Å²) in [6, 6.07) is 21.7. The zero-order chi connectivity index (χ0) is 25.5. The summed E-state index contributed by atoms with van der Waals surface area (Å²) in [5, 5.41) is 9.36. The van der Waals surface area contributed by atoms with Gasteiger partial charge in [0.1, 0.15) is 11.6 Å². The first-order valence-electron chi connectivity index (χ1n) is 11.1. The lowest BCUT2D eigenvalue weighted by molar-refractivity contribution is 0.102. The topological polar surface area (TPSA) is 107 Å². The highest BCUT2D eigenvalue weighted by molar-refractivity contribution is 6.04. The van der Waals surface area contributed by atoms with Gasteiger partial charge in [0.2, 0.25) is 5.95 Å². The molecule has 0 aliphatic rings. The molecule has 0 fully saturated rings. The van der Waals surface area contributed by atoms with Gasteiger partial charge in [-0.25, -0.2) is 4.98 Å². The van der Waals surface area contributed by atoms with Crippen LogP contribution < -0.4 is 30.2 Å². The van der Waals surface area contributed by atoms with Crippen LogP contribution in [0.2, 0.25) is 0 Å². The van der Waals surface area contributed by atoms with E-state index in [2.05, 4.69) is 25.9 Å². The average molecular weight is 486 g/mol. The number of hydrogen-bond acceptors (Lipinski definition) is 8. The predicted octanol–water partition coefficient (Wildman–Crippen LogP) is 5.55. The molecule has 0 aliphatic heterocycles. The molecule has 9 heteroatoms. The van der Waals surface area contributed by atoms with Crippen molar-refractivity contribution in [1.82, 2.24) is 9.97 Å². The molecule has 3 N–H and O–H groups in total. The Morgan fingerprint density at radius 1 is 0.694 bits per heavy atom. The van der Waals surface area contributed by atoms with Crippen molar-refractivity contribution in [1.29, 1.82) is 0 Å². The molecular weight excluding hydrogens is 458 g/mol. The fraction of sp³-hybridized carbons (Fsp3) is 0.148. The molecular formula is C27H27N5O4. The summed E-state index contributed by atoms with van der Waals surface area (Å²) in [7, 11) is 4.71. The van der Waals surface area contributed by atoms with Crippen molar-refractivity contribution in [3.8, 4) is 17.2 Å². The van der Waals surface area contributed by atoms with Crippen LogP contribution >= 0.6 is 0 Å². The molecule has 0 spiro atoms. The summed E-state index contributed by atoms with van der Waals surface area (Å²) >= 11 is 0. The molecule has 3 aromatic carbocycles. The van der Waals surface area contributed by atoms with Crippen LogP contribution in [0.1, 0.15) is 16.1 Å². The molecule has 184 valence electrons. The van der Waals surface area contributed by atoms with E-state index >= 15 is 0 Å². The second kappa shape index (κ2) is 11.1. The highest BCUT2D eigenvalue weighted by Gasteiger charge is 2.11. The molecule has 4 aromatic rings. The minimum atomic E-state index is -0.257. The van der Waals surface area contributed by atoms with Crippen molar-refractivity contribution >= 4 is 34.7 Å². The second-order valence-corrected chi connectivity index (χ2v) is 7.80. The van der Waals surface area contributed by atoms with Crippen molar-refractivity contribution in [2.75, 3.05) is 37.3 Å². The van der Waals surface area contributed by atoms with E-state index < -0.39 is 0 Å². The summed E-state index contributed by atoms with van der Waals surface area (Å²) in [4.78, 5) is 21.7. The van der Waals surface area contributed by atoms with E-state index in [0.29, 0.717) is 34.5 Å². The number of rotatable bonds is 9.